The third kappa shape index (κ3) is 8.83. The molecule has 2 heterocycles. The van der Waals surface area contributed by atoms with Crippen LogP contribution in [0.4, 0.5) is 0 Å². The molecule has 0 spiro atoms. The first kappa shape index (κ1) is 32.0. The number of nitrogens with one attached hydrogen (secondary N) is 1. The molecule has 2 aliphatic rings. The number of benzene rings is 3. The third-order valence-electron chi connectivity index (χ3n) is 6.63. The fourth-order valence-corrected chi connectivity index (χ4v) is 7.20. The molecule has 2 saturated heterocycles. The summed E-state index contributed by atoms with van der Waals surface area (Å²) >= 11 is 18.7. The van der Waals surface area contributed by atoms with Crippen molar-refractivity contribution in [1.29, 1.82) is 0 Å². The molecule has 13 heteroatoms. The lowest BCUT2D eigenvalue weighted by Gasteiger charge is -2.49. The molecule has 2 fully saturated rings. The zero-order valence-corrected chi connectivity index (χ0v) is 26.4. The number of ether oxygens (including phenoxy) is 4. The van der Waals surface area contributed by atoms with Gasteiger partial charge < -0.3 is 18.9 Å². The first-order valence-electron chi connectivity index (χ1n) is 13.2. The Bertz CT molecular complexity index is 1400. The van der Waals surface area contributed by atoms with Gasteiger partial charge in [-0.2, -0.15) is 13.1 Å². The van der Waals surface area contributed by atoms with Crippen molar-refractivity contribution >= 4 is 56.9 Å². The van der Waals surface area contributed by atoms with E-state index in [4.69, 9.17) is 57.9 Å². The summed E-state index contributed by atoms with van der Waals surface area (Å²) in [6.07, 6.45) is -2.74. The monoisotopic (exact) mass is 673 g/mol. The molecule has 0 radical (unpaired) electrons. The SMILES string of the molecule is Cc1ccc(S[C@@H]2O[C@@H]3COC(c4ccccc4)O[C@H]3[C@H](OCc3ccccc3)[C@H]2NS(=O)(=O)OCC(Cl)(Cl)Cl)cc1. The van der Waals surface area contributed by atoms with Crippen LogP contribution in [0.2, 0.25) is 0 Å². The number of thioether (sulfide) groups is 1. The fraction of sp³-hybridized carbons (Fsp3) is 0.379. The Morgan fingerprint density at radius 1 is 0.952 bits per heavy atom. The summed E-state index contributed by atoms with van der Waals surface area (Å²) in [6.45, 7) is 1.72. The highest BCUT2D eigenvalue weighted by atomic mass is 35.6. The quantitative estimate of drug-likeness (QED) is 0.258. The first-order chi connectivity index (χ1) is 20.1. The van der Waals surface area contributed by atoms with Crippen LogP contribution in [0.25, 0.3) is 0 Å². The van der Waals surface area contributed by atoms with E-state index in [0.717, 1.165) is 21.6 Å². The van der Waals surface area contributed by atoms with Gasteiger partial charge in [-0.1, -0.05) is 125 Å². The Hall–Kier alpha value is -1.41. The van der Waals surface area contributed by atoms with Crippen molar-refractivity contribution in [3.05, 3.63) is 102 Å². The molecule has 226 valence electrons. The molecule has 42 heavy (non-hydrogen) atoms. The van der Waals surface area contributed by atoms with Gasteiger partial charge in [0.25, 0.3) is 0 Å². The Morgan fingerprint density at radius 2 is 1.62 bits per heavy atom. The van der Waals surface area contributed by atoms with Crippen LogP contribution in [0.5, 0.6) is 0 Å². The van der Waals surface area contributed by atoms with Crippen LogP contribution in [0, 0.1) is 6.92 Å². The van der Waals surface area contributed by atoms with Gasteiger partial charge in [0.05, 0.1) is 19.3 Å². The van der Waals surface area contributed by atoms with Gasteiger partial charge in [0.2, 0.25) is 3.79 Å². The molecule has 5 rings (SSSR count). The largest absolute Gasteiger partial charge is 0.369 e. The van der Waals surface area contributed by atoms with Gasteiger partial charge >= 0.3 is 10.3 Å². The van der Waals surface area contributed by atoms with Crippen LogP contribution in [0.1, 0.15) is 23.0 Å². The van der Waals surface area contributed by atoms with E-state index in [1.807, 2.05) is 91.9 Å². The number of alkyl halides is 3. The number of aryl methyl sites for hydroxylation is 1. The van der Waals surface area contributed by atoms with E-state index in [1.165, 1.54) is 11.8 Å². The van der Waals surface area contributed by atoms with Crippen LogP contribution in [-0.4, -0.2) is 55.2 Å². The Kier molecular flexibility index (Phi) is 10.8. The molecule has 2 aliphatic heterocycles. The zero-order valence-electron chi connectivity index (χ0n) is 22.5. The van der Waals surface area contributed by atoms with Gasteiger partial charge in [0.15, 0.2) is 6.29 Å². The Labute approximate surface area is 265 Å². The summed E-state index contributed by atoms with van der Waals surface area (Å²) in [5, 5.41) is 0. The van der Waals surface area contributed by atoms with Crippen molar-refractivity contribution in [3.8, 4) is 0 Å². The van der Waals surface area contributed by atoms with E-state index in [9.17, 15) is 8.42 Å². The lowest BCUT2D eigenvalue weighted by Crippen LogP contribution is -2.66. The first-order valence-corrected chi connectivity index (χ1v) is 16.6. The highest BCUT2D eigenvalue weighted by molar-refractivity contribution is 7.99. The highest BCUT2D eigenvalue weighted by Crippen LogP contribution is 2.40. The average Bonchev–Trinajstić information content (AvgIpc) is 2.97. The molecule has 8 nitrogen and oxygen atoms in total. The topological polar surface area (TPSA) is 92.3 Å². The zero-order chi connectivity index (χ0) is 29.7. The van der Waals surface area contributed by atoms with Crippen LogP contribution >= 0.6 is 46.6 Å². The van der Waals surface area contributed by atoms with E-state index in [0.29, 0.717) is 0 Å². The summed E-state index contributed by atoms with van der Waals surface area (Å²) in [7, 11) is -4.43. The van der Waals surface area contributed by atoms with Crippen molar-refractivity contribution in [2.24, 2.45) is 0 Å². The summed E-state index contributed by atoms with van der Waals surface area (Å²) in [5.74, 6) is 0. The molecule has 0 saturated carbocycles. The van der Waals surface area contributed by atoms with Crippen LogP contribution in [0.3, 0.4) is 0 Å². The van der Waals surface area contributed by atoms with Gasteiger partial charge in [0, 0.05) is 10.5 Å². The predicted molar refractivity (Wildman–Crippen MR) is 163 cm³/mol. The Balaban J connectivity index is 1.47. The van der Waals surface area contributed by atoms with E-state index in [-0.39, 0.29) is 13.2 Å². The van der Waals surface area contributed by atoms with Crippen LogP contribution < -0.4 is 4.72 Å². The van der Waals surface area contributed by atoms with Crippen molar-refractivity contribution < 1.29 is 31.5 Å². The minimum Gasteiger partial charge on any atom is -0.369 e. The molecular formula is C29H30Cl3NO7S2. The normalized spacial score (nSPS) is 26.5. The average molecular weight is 675 g/mol. The van der Waals surface area contributed by atoms with Gasteiger partial charge in [-0.05, 0) is 24.6 Å². The molecule has 3 aromatic rings. The smallest absolute Gasteiger partial charge is 0.336 e. The molecule has 1 unspecified atom stereocenters. The second kappa shape index (κ2) is 14.1. The lowest BCUT2D eigenvalue weighted by atomic mass is 9.97. The van der Waals surface area contributed by atoms with Gasteiger partial charge in [-0.25, -0.2) is 0 Å². The molecule has 0 bridgehead atoms. The minimum absolute atomic E-state index is 0.199. The molecule has 0 aliphatic carbocycles. The van der Waals surface area contributed by atoms with Gasteiger partial charge in [-0.15, -0.1) is 0 Å². The molecule has 6 atom stereocenters. The number of rotatable bonds is 10. The second-order valence-corrected chi connectivity index (χ2v) is 15.0. The minimum atomic E-state index is -4.43. The van der Waals surface area contributed by atoms with Crippen molar-refractivity contribution in [1.82, 2.24) is 4.72 Å². The van der Waals surface area contributed by atoms with E-state index in [2.05, 4.69) is 4.72 Å². The standard InChI is InChI=1S/C29H30Cl3NO7S2/c1-19-12-14-22(15-13-19)41-28-24(33-42(34,35)38-18-29(30,31)32)26(36-16-20-8-4-2-5-9-20)25-23(39-28)17-37-27(40-25)21-10-6-3-7-11-21/h2-15,23-28,33H,16-18H2,1H3/t23-,24-,25-,26-,27?,28+/m1/s1. The molecule has 0 aromatic heterocycles. The highest BCUT2D eigenvalue weighted by Gasteiger charge is 2.52. The second-order valence-electron chi connectivity index (χ2n) is 9.89. The summed E-state index contributed by atoms with van der Waals surface area (Å²) in [5.41, 5.74) is 2.06. The molecular weight excluding hydrogens is 645 g/mol. The van der Waals surface area contributed by atoms with Crippen molar-refractivity contribution in [3.63, 3.8) is 0 Å². The third-order valence-corrected chi connectivity index (χ3v) is 9.12. The Morgan fingerprint density at radius 3 is 2.29 bits per heavy atom. The van der Waals surface area contributed by atoms with Gasteiger partial charge in [0.1, 0.15) is 30.4 Å². The maximum atomic E-state index is 13.2. The molecule has 1 N–H and O–H groups in total. The molecule has 3 aromatic carbocycles. The summed E-state index contributed by atoms with van der Waals surface area (Å²) in [4.78, 5) is 0.872. The summed E-state index contributed by atoms with van der Waals surface area (Å²) < 4.78 is 57.4. The van der Waals surface area contributed by atoms with E-state index < -0.39 is 56.8 Å². The number of fused-ring (bicyclic) bond motifs is 1. The summed E-state index contributed by atoms with van der Waals surface area (Å²) in [6, 6.07) is 25.9. The maximum absolute atomic E-state index is 13.2. The number of hydrogen-bond acceptors (Lipinski definition) is 8. The molecule has 0 amide bonds. The van der Waals surface area contributed by atoms with Gasteiger partial charge in [-0.3, -0.25) is 4.18 Å². The van der Waals surface area contributed by atoms with Crippen LogP contribution in [-0.2, 0) is 40.0 Å². The van der Waals surface area contributed by atoms with E-state index >= 15 is 0 Å². The van der Waals surface area contributed by atoms with E-state index in [1.54, 1.807) is 0 Å². The number of halogens is 3. The maximum Gasteiger partial charge on any atom is 0.336 e. The number of hydrogen-bond donors (Lipinski definition) is 1. The van der Waals surface area contributed by atoms with Crippen molar-refractivity contribution in [2.45, 2.75) is 58.3 Å². The predicted octanol–water partition coefficient (Wildman–Crippen LogP) is 6.10. The lowest BCUT2D eigenvalue weighted by molar-refractivity contribution is -0.312. The van der Waals surface area contributed by atoms with Crippen molar-refractivity contribution in [2.75, 3.05) is 13.2 Å². The fourth-order valence-electron chi connectivity index (χ4n) is 4.64. The van der Waals surface area contributed by atoms with Crippen LogP contribution in [0.15, 0.2) is 89.8 Å².